The molecule has 2 heterocycles. The number of carbonyl (C=O) groups excluding carboxylic acids is 6. The number of carbonyl (C=O) groups is 6. The van der Waals surface area contributed by atoms with Crippen LogP contribution in [0.1, 0.15) is 73.6 Å². The van der Waals surface area contributed by atoms with Crippen LogP contribution in [-0.2, 0) is 23.9 Å². The van der Waals surface area contributed by atoms with Crippen LogP contribution in [0.5, 0.6) is 0 Å². The number of urea groups is 1. The van der Waals surface area contributed by atoms with Crippen LogP contribution in [0, 0.1) is 11.3 Å². The second kappa shape index (κ2) is 16.3. The summed E-state index contributed by atoms with van der Waals surface area (Å²) in [5.74, 6) is -2.47. The minimum atomic E-state index is -1.02. The molecule has 4 N–H and O–H groups in total. The number of amides is 6. The monoisotopic (exact) mass is 606 g/mol. The fourth-order valence-electron chi connectivity index (χ4n) is 5.07. The summed E-state index contributed by atoms with van der Waals surface area (Å²) in [7, 11) is 0. The molecule has 0 radical (unpaired) electrons. The van der Waals surface area contributed by atoms with Gasteiger partial charge in [0.25, 0.3) is 5.91 Å². The van der Waals surface area contributed by atoms with Crippen LogP contribution in [0.15, 0.2) is 12.7 Å². The molecule has 2 rings (SSSR count). The van der Waals surface area contributed by atoms with E-state index in [1.165, 1.54) is 15.9 Å². The molecule has 242 valence electrons. The molecule has 0 aromatic heterocycles. The zero-order chi connectivity index (χ0) is 32.3. The molecule has 4 atom stereocenters. The Morgan fingerprint density at radius 1 is 1.09 bits per heavy atom. The largest absolute Gasteiger partial charge is 0.448 e. The molecule has 0 aromatic rings. The van der Waals surface area contributed by atoms with Gasteiger partial charge in [0.2, 0.25) is 17.6 Å². The summed E-state index contributed by atoms with van der Waals surface area (Å²) in [4.78, 5) is 80.6. The van der Waals surface area contributed by atoms with Gasteiger partial charge in [-0.25, -0.2) is 9.59 Å². The standard InChI is InChI=1S/C30H50N6O7/c1-8-10-12-20(23(37)26(39)31-14-9-2)32-25(38)22-13-11-15-36(22)27(40)24(30(5,6)7)34-28(41)33-21(19(3)4)18-35-16-17-43-29(35)42/h9,19-22,24H,2,8,10-18H2,1,3-7H3,(H,31,39)(H,32,38)(H2,33,34,41)/t20?,21-,22+,24-/m1/s1. The average Bonchev–Trinajstić information content (AvgIpc) is 3.60. The highest BCUT2D eigenvalue weighted by Gasteiger charge is 2.43. The van der Waals surface area contributed by atoms with E-state index in [-0.39, 0.29) is 25.0 Å². The number of ketones is 1. The minimum Gasteiger partial charge on any atom is -0.448 e. The van der Waals surface area contributed by atoms with Gasteiger partial charge in [0, 0.05) is 19.6 Å². The lowest BCUT2D eigenvalue weighted by molar-refractivity contribution is -0.143. The van der Waals surface area contributed by atoms with Crippen LogP contribution in [-0.4, -0.2) is 102 Å². The number of cyclic esters (lactones) is 1. The Kier molecular flexibility index (Phi) is 13.5. The third kappa shape index (κ3) is 10.2. The molecule has 0 spiro atoms. The van der Waals surface area contributed by atoms with E-state index < -0.39 is 59.2 Å². The first-order chi connectivity index (χ1) is 20.2. The molecule has 2 fully saturated rings. The maximum Gasteiger partial charge on any atom is 0.410 e. The lowest BCUT2D eigenvalue weighted by Gasteiger charge is -2.36. The highest BCUT2D eigenvalue weighted by molar-refractivity contribution is 6.38. The molecule has 6 amide bonds. The summed E-state index contributed by atoms with van der Waals surface area (Å²) in [5.41, 5.74) is -0.701. The molecule has 2 saturated heterocycles. The van der Waals surface area contributed by atoms with Crippen LogP contribution in [0.2, 0.25) is 0 Å². The predicted molar refractivity (Wildman–Crippen MR) is 161 cm³/mol. The topological polar surface area (TPSA) is 166 Å². The van der Waals surface area contributed by atoms with Gasteiger partial charge in [-0.1, -0.05) is 60.5 Å². The van der Waals surface area contributed by atoms with E-state index in [4.69, 9.17) is 4.74 Å². The van der Waals surface area contributed by atoms with Crippen molar-refractivity contribution in [2.24, 2.45) is 11.3 Å². The van der Waals surface area contributed by atoms with Crippen LogP contribution in [0.4, 0.5) is 9.59 Å². The van der Waals surface area contributed by atoms with Crippen molar-refractivity contribution in [3.05, 3.63) is 12.7 Å². The molecule has 1 unspecified atom stereocenters. The van der Waals surface area contributed by atoms with Gasteiger partial charge in [-0.2, -0.15) is 0 Å². The normalized spacial score (nSPS) is 18.9. The van der Waals surface area contributed by atoms with Gasteiger partial charge in [-0.3, -0.25) is 19.2 Å². The first-order valence-corrected chi connectivity index (χ1v) is 15.2. The number of rotatable bonds is 15. The van der Waals surface area contributed by atoms with Crippen LogP contribution in [0.3, 0.4) is 0 Å². The molecular weight excluding hydrogens is 556 g/mol. The minimum absolute atomic E-state index is 0.00295. The molecule has 43 heavy (non-hydrogen) atoms. The quantitative estimate of drug-likeness (QED) is 0.163. The summed E-state index contributed by atoms with van der Waals surface area (Å²) < 4.78 is 5.00. The van der Waals surface area contributed by atoms with E-state index in [1.807, 2.05) is 41.5 Å². The van der Waals surface area contributed by atoms with Crippen molar-refractivity contribution >= 4 is 35.6 Å². The molecule has 13 nitrogen and oxygen atoms in total. The number of ether oxygens (including phenoxy) is 1. The maximum atomic E-state index is 13.9. The third-order valence-corrected chi connectivity index (χ3v) is 7.72. The maximum absolute atomic E-state index is 13.9. The fourth-order valence-corrected chi connectivity index (χ4v) is 5.07. The third-order valence-electron chi connectivity index (χ3n) is 7.72. The van der Waals surface area contributed by atoms with E-state index >= 15 is 0 Å². The number of hydrogen-bond acceptors (Lipinski definition) is 7. The average molecular weight is 607 g/mol. The van der Waals surface area contributed by atoms with Gasteiger partial charge in [0.05, 0.1) is 18.6 Å². The van der Waals surface area contributed by atoms with E-state index in [9.17, 15) is 28.8 Å². The number of nitrogens with zero attached hydrogens (tertiary/aromatic N) is 2. The van der Waals surface area contributed by atoms with Gasteiger partial charge in [0.1, 0.15) is 18.7 Å². The van der Waals surface area contributed by atoms with E-state index in [1.54, 1.807) is 0 Å². The predicted octanol–water partition coefficient (Wildman–Crippen LogP) is 1.71. The van der Waals surface area contributed by atoms with Crippen LogP contribution >= 0.6 is 0 Å². The molecule has 0 aromatic carbocycles. The first kappa shape index (κ1) is 35.6. The zero-order valence-corrected chi connectivity index (χ0v) is 26.5. The molecule has 2 aliphatic rings. The van der Waals surface area contributed by atoms with Crippen molar-refractivity contribution in [2.75, 3.05) is 32.8 Å². The van der Waals surface area contributed by atoms with E-state index in [0.717, 1.165) is 6.42 Å². The van der Waals surface area contributed by atoms with Crippen molar-refractivity contribution < 1.29 is 33.5 Å². The Labute approximate surface area is 254 Å². The highest BCUT2D eigenvalue weighted by atomic mass is 16.6. The van der Waals surface area contributed by atoms with Crippen LogP contribution in [0.25, 0.3) is 0 Å². The molecule has 0 saturated carbocycles. The Morgan fingerprint density at radius 3 is 2.35 bits per heavy atom. The molecule has 2 aliphatic heterocycles. The van der Waals surface area contributed by atoms with Gasteiger partial charge in [0.15, 0.2) is 0 Å². The van der Waals surface area contributed by atoms with Crippen molar-refractivity contribution in [3.8, 4) is 0 Å². The van der Waals surface area contributed by atoms with Gasteiger partial charge in [-0.15, -0.1) is 6.58 Å². The summed E-state index contributed by atoms with van der Waals surface area (Å²) >= 11 is 0. The molecule has 13 heteroatoms. The van der Waals surface area contributed by atoms with Crippen molar-refractivity contribution in [2.45, 2.75) is 97.8 Å². The Morgan fingerprint density at radius 2 is 1.79 bits per heavy atom. The van der Waals surface area contributed by atoms with E-state index in [0.29, 0.717) is 45.4 Å². The number of Topliss-reactive ketones (excluding diaryl/α,β-unsaturated/α-hetero) is 1. The zero-order valence-electron chi connectivity index (χ0n) is 26.5. The lowest BCUT2D eigenvalue weighted by Crippen LogP contribution is -2.61. The fraction of sp³-hybridized carbons (Fsp3) is 0.733. The van der Waals surface area contributed by atoms with Gasteiger partial charge < -0.3 is 35.8 Å². The summed E-state index contributed by atoms with van der Waals surface area (Å²) in [6.45, 7) is 16.2. The number of unbranched alkanes of at least 4 members (excludes halogenated alkanes) is 1. The van der Waals surface area contributed by atoms with Crippen molar-refractivity contribution in [3.63, 3.8) is 0 Å². The second-order valence-electron chi connectivity index (χ2n) is 12.6. The molecule has 0 aliphatic carbocycles. The number of nitrogens with one attached hydrogen (secondary N) is 4. The van der Waals surface area contributed by atoms with E-state index in [2.05, 4.69) is 27.8 Å². The second-order valence-corrected chi connectivity index (χ2v) is 12.6. The van der Waals surface area contributed by atoms with Gasteiger partial charge in [-0.05, 0) is 30.6 Å². The number of likely N-dealkylation sites (tertiary alicyclic amines) is 1. The Bertz CT molecular complexity index is 1040. The molecular formula is C30H50N6O7. The van der Waals surface area contributed by atoms with Crippen LogP contribution < -0.4 is 21.3 Å². The highest BCUT2D eigenvalue weighted by Crippen LogP contribution is 2.26. The Balaban J connectivity index is 2.15. The number of hydrogen-bond donors (Lipinski definition) is 4. The molecule has 0 bridgehead atoms. The summed E-state index contributed by atoms with van der Waals surface area (Å²) in [6, 6.07) is -3.77. The first-order valence-electron chi connectivity index (χ1n) is 15.2. The smallest absolute Gasteiger partial charge is 0.410 e. The van der Waals surface area contributed by atoms with Gasteiger partial charge >= 0.3 is 12.1 Å². The summed E-state index contributed by atoms with van der Waals surface area (Å²) in [5, 5.41) is 10.9. The lowest BCUT2D eigenvalue weighted by atomic mass is 9.85. The Hall–Kier alpha value is -3.64. The van der Waals surface area contributed by atoms with Crippen molar-refractivity contribution in [1.82, 2.24) is 31.1 Å². The van der Waals surface area contributed by atoms with Crippen molar-refractivity contribution in [1.29, 1.82) is 0 Å². The SMILES string of the molecule is C=CCNC(=O)C(=O)C(CCCC)NC(=O)[C@@H]1CCCN1C(=O)[C@@H](NC(=O)N[C@H](CN1CCOC1=O)C(C)C)C(C)(C)C. The summed E-state index contributed by atoms with van der Waals surface area (Å²) in [6.07, 6.45) is 3.68.